The zero-order valence-corrected chi connectivity index (χ0v) is 16.0. The van der Waals surface area contributed by atoms with Crippen molar-refractivity contribution in [1.82, 2.24) is 5.32 Å². The van der Waals surface area contributed by atoms with Crippen LogP contribution in [-0.4, -0.2) is 31.4 Å². The van der Waals surface area contributed by atoms with E-state index in [-0.39, 0.29) is 11.3 Å². The number of anilines is 1. The van der Waals surface area contributed by atoms with Gasteiger partial charge in [0.15, 0.2) is 6.61 Å². The van der Waals surface area contributed by atoms with Crippen LogP contribution < -0.4 is 10.6 Å². The minimum absolute atomic E-state index is 0.00429. The predicted octanol–water partition coefficient (Wildman–Crippen LogP) is 3.14. The van der Waals surface area contributed by atoms with Gasteiger partial charge in [-0.3, -0.25) is 9.59 Å². The Morgan fingerprint density at radius 3 is 1.96 bits per heavy atom. The fraction of sp³-hybridized carbons (Fsp3) is 0.286. The molecular formula is C21H24N2O4. The predicted molar refractivity (Wildman–Crippen MR) is 104 cm³/mol. The van der Waals surface area contributed by atoms with Crippen LogP contribution in [0.2, 0.25) is 0 Å². The van der Waals surface area contributed by atoms with Crippen molar-refractivity contribution in [1.29, 1.82) is 0 Å². The Balaban J connectivity index is 1.87. The highest BCUT2D eigenvalue weighted by Crippen LogP contribution is 2.22. The molecular weight excluding hydrogens is 344 g/mol. The van der Waals surface area contributed by atoms with Crippen LogP contribution in [-0.2, 0) is 14.9 Å². The molecule has 2 aromatic carbocycles. The molecule has 0 radical (unpaired) electrons. The summed E-state index contributed by atoms with van der Waals surface area (Å²) in [5.41, 5.74) is 2.50. The van der Waals surface area contributed by atoms with Crippen LogP contribution in [0.1, 0.15) is 47.1 Å². The Morgan fingerprint density at radius 2 is 1.44 bits per heavy atom. The highest BCUT2D eigenvalue weighted by molar-refractivity contribution is 5.97. The fourth-order valence-corrected chi connectivity index (χ4v) is 2.37. The summed E-state index contributed by atoms with van der Waals surface area (Å²) in [5.74, 6) is -1.22. The zero-order valence-electron chi connectivity index (χ0n) is 16.0. The first kappa shape index (κ1) is 20.2. The number of amides is 2. The molecule has 2 amide bonds. The van der Waals surface area contributed by atoms with Gasteiger partial charge in [-0.25, -0.2) is 4.79 Å². The number of carbonyl (C=O) groups is 3. The maximum Gasteiger partial charge on any atom is 0.338 e. The molecule has 6 heteroatoms. The lowest BCUT2D eigenvalue weighted by atomic mass is 9.87. The van der Waals surface area contributed by atoms with E-state index in [2.05, 4.69) is 31.4 Å². The second-order valence-corrected chi connectivity index (χ2v) is 7.11. The van der Waals surface area contributed by atoms with Crippen molar-refractivity contribution in [2.24, 2.45) is 0 Å². The molecule has 2 rings (SSSR count). The lowest BCUT2D eigenvalue weighted by molar-refractivity contribution is -0.119. The van der Waals surface area contributed by atoms with Crippen LogP contribution in [0.5, 0.6) is 0 Å². The minimum Gasteiger partial charge on any atom is -0.452 e. The third-order valence-corrected chi connectivity index (χ3v) is 3.98. The normalized spacial score (nSPS) is 10.8. The molecule has 27 heavy (non-hydrogen) atoms. The van der Waals surface area contributed by atoms with E-state index in [0.717, 1.165) is 5.56 Å². The molecule has 0 aliphatic rings. The third kappa shape index (κ3) is 5.67. The molecule has 0 spiro atoms. The summed E-state index contributed by atoms with van der Waals surface area (Å²) >= 11 is 0. The quantitative estimate of drug-likeness (QED) is 0.794. The van der Waals surface area contributed by atoms with E-state index in [1.807, 2.05) is 12.1 Å². The van der Waals surface area contributed by atoms with Crippen LogP contribution in [0.25, 0.3) is 0 Å². The summed E-state index contributed by atoms with van der Waals surface area (Å²) in [7, 11) is 1.54. The molecule has 0 bridgehead atoms. The average Bonchev–Trinajstić information content (AvgIpc) is 2.65. The molecule has 0 aliphatic carbocycles. The Kier molecular flexibility index (Phi) is 6.34. The van der Waals surface area contributed by atoms with Crippen molar-refractivity contribution in [2.45, 2.75) is 26.2 Å². The number of rotatable bonds is 5. The molecule has 2 aromatic rings. The van der Waals surface area contributed by atoms with Crippen molar-refractivity contribution in [2.75, 3.05) is 19.0 Å². The summed E-state index contributed by atoms with van der Waals surface area (Å²) in [4.78, 5) is 35.5. The summed E-state index contributed by atoms with van der Waals surface area (Å²) in [6.07, 6.45) is 0. The van der Waals surface area contributed by atoms with E-state index in [9.17, 15) is 14.4 Å². The monoisotopic (exact) mass is 368 g/mol. The Hall–Kier alpha value is -3.15. The van der Waals surface area contributed by atoms with Crippen molar-refractivity contribution >= 4 is 23.5 Å². The number of nitrogens with one attached hydrogen (secondary N) is 2. The Labute approximate surface area is 158 Å². The van der Waals surface area contributed by atoms with Gasteiger partial charge in [-0.15, -0.1) is 0 Å². The van der Waals surface area contributed by atoms with E-state index in [4.69, 9.17) is 4.74 Å². The van der Waals surface area contributed by atoms with Gasteiger partial charge < -0.3 is 15.4 Å². The van der Waals surface area contributed by atoms with Crippen molar-refractivity contribution in [3.63, 3.8) is 0 Å². The molecule has 0 aromatic heterocycles. The van der Waals surface area contributed by atoms with Gasteiger partial charge in [-0.05, 0) is 47.4 Å². The van der Waals surface area contributed by atoms with Crippen molar-refractivity contribution < 1.29 is 19.1 Å². The Morgan fingerprint density at radius 1 is 0.889 bits per heavy atom. The maximum atomic E-state index is 12.1. The van der Waals surface area contributed by atoms with E-state index in [1.54, 1.807) is 43.4 Å². The molecule has 142 valence electrons. The molecule has 0 saturated heterocycles. The average molecular weight is 368 g/mol. The van der Waals surface area contributed by atoms with Crippen LogP contribution in [0.3, 0.4) is 0 Å². The number of ether oxygens (including phenoxy) is 1. The van der Waals surface area contributed by atoms with Gasteiger partial charge in [-0.2, -0.15) is 0 Å². The second kappa shape index (κ2) is 8.49. The van der Waals surface area contributed by atoms with E-state index in [0.29, 0.717) is 16.8 Å². The standard InChI is InChI=1S/C21H24N2O4/c1-21(2,3)16-9-5-15(6-10-16)20(26)27-13-18(24)23-17-11-7-14(8-12-17)19(25)22-4/h5-12H,13H2,1-4H3,(H,22,25)(H,23,24). The van der Waals surface area contributed by atoms with E-state index < -0.39 is 18.5 Å². The lowest BCUT2D eigenvalue weighted by Gasteiger charge is -2.18. The summed E-state index contributed by atoms with van der Waals surface area (Å²) < 4.78 is 5.05. The van der Waals surface area contributed by atoms with E-state index >= 15 is 0 Å². The summed E-state index contributed by atoms with van der Waals surface area (Å²) in [6.45, 7) is 5.88. The van der Waals surface area contributed by atoms with Gasteiger partial charge in [0.1, 0.15) is 0 Å². The highest BCUT2D eigenvalue weighted by Gasteiger charge is 2.15. The van der Waals surface area contributed by atoms with Crippen molar-refractivity contribution in [3.05, 3.63) is 65.2 Å². The molecule has 0 fully saturated rings. The van der Waals surface area contributed by atoms with Crippen LogP contribution in [0.4, 0.5) is 5.69 Å². The topological polar surface area (TPSA) is 84.5 Å². The third-order valence-electron chi connectivity index (χ3n) is 3.98. The summed E-state index contributed by atoms with van der Waals surface area (Å²) in [5, 5.41) is 5.13. The Bertz CT molecular complexity index is 819. The van der Waals surface area contributed by atoms with E-state index in [1.165, 1.54) is 0 Å². The van der Waals surface area contributed by atoms with Gasteiger partial charge in [-0.1, -0.05) is 32.9 Å². The number of benzene rings is 2. The zero-order chi connectivity index (χ0) is 20.0. The van der Waals surface area contributed by atoms with Gasteiger partial charge in [0.05, 0.1) is 5.56 Å². The molecule has 6 nitrogen and oxygen atoms in total. The largest absolute Gasteiger partial charge is 0.452 e. The fourth-order valence-electron chi connectivity index (χ4n) is 2.37. The smallest absolute Gasteiger partial charge is 0.338 e. The van der Waals surface area contributed by atoms with Crippen LogP contribution in [0.15, 0.2) is 48.5 Å². The molecule has 0 heterocycles. The molecule has 0 atom stereocenters. The minimum atomic E-state index is -0.555. The van der Waals surface area contributed by atoms with Crippen molar-refractivity contribution in [3.8, 4) is 0 Å². The van der Waals surface area contributed by atoms with Gasteiger partial charge in [0.2, 0.25) is 0 Å². The first-order chi connectivity index (χ1) is 12.7. The number of hydrogen-bond acceptors (Lipinski definition) is 4. The number of hydrogen-bond donors (Lipinski definition) is 2. The molecule has 0 unspecified atom stereocenters. The first-order valence-electron chi connectivity index (χ1n) is 8.60. The highest BCUT2D eigenvalue weighted by atomic mass is 16.5. The number of esters is 1. The molecule has 2 N–H and O–H groups in total. The van der Waals surface area contributed by atoms with Gasteiger partial charge >= 0.3 is 5.97 Å². The number of carbonyl (C=O) groups excluding carboxylic acids is 3. The van der Waals surface area contributed by atoms with Crippen LogP contribution >= 0.6 is 0 Å². The molecule has 0 aliphatic heterocycles. The van der Waals surface area contributed by atoms with Crippen LogP contribution in [0, 0.1) is 0 Å². The second-order valence-electron chi connectivity index (χ2n) is 7.11. The molecule has 0 saturated carbocycles. The van der Waals surface area contributed by atoms with Gasteiger partial charge in [0, 0.05) is 18.3 Å². The maximum absolute atomic E-state index is 12.1. The lowest BCUT2D eigenvalue weighted by Crippen LogP contribution is -2.21. The van der Waals surface area contributed by atoms with Gasteiger partial charge in [0.25, 0.3) is 11.8 Å². The summed E-state index contributed by atoms with van der Waals surface area (Å²) in [6, 6.07) is 13.5. The SMILES string of the molecule is CNC(=O)c1ccc(NC(=O)COC(=O)c2ccc(C(C)(C)C)cc2)cc1. The first-order valence-corrected chi connectivity index (χ1v) is 8.60.